The minimum Gasteiger partial charge on any atom is -0.352 e. The number of rotatable bonds is 9. The molecule has 7 nitrogen and oxygen atoms in total. The highest BCUT2D eigenvalue weighted by Crippen LogP contribution is 2.27. The molecule has 2 amide bonds. The Labute approximate surface area is 197 Å². The molecule has 0 saturated carbocycles. The fourth-order valence-corrected chi connectivity index (χ4v) is 4.73. The summed E-state index contributed by atoms with van der Waals surface area (Å²) in [5.41, 5.74) is 3.90. The Bertz CT molecular complexity index is 1090. The minimum atomic E-state index is -3.75. The van der Waals surface area contributed by atoms with Crippen molar-refractivity contribution in [1.29, 1.82) is 0 Å². The van der Waals surface area contributed by atoms with Gasteiger partial charge in [0, 0.05) is 12.6 Å². The molecule has 8 heteroatoms. The molecule has 180 valence electrons. The molecule has 0 unspecified atom stereocenters. The average Bonchev–Trinajstić information content (AvgIpc) is 2.69. The van der Waals surface area contributed by atoms with Gasteiger partial charge in [0.05, 0.1) is 11.9 Å². The van der Waals surface area contributed by atoms with Crippen LogP contribution in [0.5, 0.6) is 0 Å². The molecule has 0 aliphatic heterocycles. The van der Waals surface area contributed by atoms with Crippen LogP contribution in [0, 0.1) is 20.8 Å². The van der Waals surface area contributed by atoms with Crippen molar-refractivity contribution in [3.63, 3.8) is 0 Å². The van der Waals surface area contributed by atoms with Crippen molar-refractivity contribution in [2.24, 2.45) is 0 Å². The number of para-hydroxylation sites is 1. The van der Waals surface area contributed by atoms with Gasteiger partial charge in [-0.05, 0) is 58.2 Å². The maximum Gasteiger partial charge on any atom is 0.244 e. The van der Waals surface area contributed by atoms with Gasteiger partial charge >= 0.3 is 0 Å². The normalized spacial score (nSPS) is 12.4. The molecule has 0 aliphatic rings. The molecule has 2 aromatic rings. The summed E-state index contributed by atoms with van der Waals surface area (Å²) in [7, 11) is -3.75. The molecule has 2 rings (SSSR count). The van der Waals surface area contributed by atoms with Crippen LogP contribution in [-0.2, 0) is 26.2 Å². The maximum absolute atomic E-state index is 13.6. The van der Waals surface area contributed by atoms with Gasteiger partial charge in [-0.25, -0.2) is 8.42 Å². The quantitative estimate of drug-likeness (QED) is 0.605. The SMILES string of the molecule is Cc1cccc(CN(C(=O)CN(c2c(C)cccc2C)S(C)(=O)=O)[C@@H](C)C(=O)NC(C)C)c1. The Balaban J connectivity index is 2.45. The van der Waals surface area contributed by atoms with Gasteiger partial charge in [-0.2, -0.15) is 0 Å². The van der Waals surface area contributed by atoms with Gasteiger partial charge in [0.25, 0.3) is 0 Å². The molecule has 1 N–H and O–H groups in total. The third-order valence-corrected chi connectivity index (χ3v) is 6.51. The van der Waals surface area contributed by atoms with E-state index in [2.05, 4.69) is 5.32 Å². The van der Waals surface area contributed by atoms with E-state index >= 15 is 0 Å². The van der Waals surface area contributed by atoms with Gasteiger partial charge in [0.1, 0.15) is 12.6 Å². The number of hydrogen-bond acceptors (Lipinski definition) is 4. The van der Waals surface area contributed by atoms with E-state index in [1.807, 2.05) is 77.1 Å². The van der Waals surface area contributed by atoms with E-state index in [0.29, 0.717) is 5.69 Å². The second kappa shape index (κ2) is 10.8. The number of aryl methyl sites for hydroxylation is 3. The number of carbonyl (C=O) groups is 2. The molecule has 0 radical (unpaired) electrons. The Kier molecular flexibility index (Phi) is 8.66. The van der Waals surface area contributed by atoms with E-state index in [1.54, 1.807) is 6.92 Å². The van der Waals surface area contributed by atoms with Crippen molar-refractivity contribution in [3.05, 3.63) is 64.7 Å². The van der Waals surface area contributed by atoms with Crippen molar-refractivity contribution >= 4 is 27.5 Å². The van der Waals surface area contributed by atoms with Crippen molar-refractivity contribution in [2.75, 3.05) is 17.1 Å². The highest BCUT2D eigenvalue weighted by Gasteiger charge is 2.31. The summed E-state index contributed by atoms with van der Waals surface area (Å²) in [6, 6.07) is 12.3. The van der Waals surface area contributed by atoms with Crippen molar-refractivity contribution in [1.82, 2.24) is 10.2 Å². The Hall–Kier alpha value is -2.87. The van der Waals surface area contributed by atoms with Gasteiger partial charge in [0.2, 0.25) is 21.8 Å². The van der Waals surface area contributed by atoms with E-state index in [1.165, 1.54) is 4.90 Å². The summed E-state index contributed by atoms with van der Waals surface area (Å²) in [6.07, 6.45) is 1.09. The second-order valence-corrected chi connectivity index (χ2v) is 10.8. The summed E-state index contributed by atoms with van der Waals surface area (Å²) < 4.78 is 26.6. The number of amides is 2. The van der Waals surface area contributed by atoms with Gasteiger partial charge < -0.3 is 10.2 Å². The van der Waals surface area contributed by atoms with Crippen LogP contribution >= 0.6 is 0 Å². The standard InChI is InChI=1S/C25H35N3O4S/c1-17(2)26-25(30)21(6)27(15-22-13-8-10-18(3)14-22)23(29)16-28(33(7,31)32)24-19(4)11-9-12-20(24)5/h8-14,17,21H,15-16H2,1-7H3,(H,26,30)/t21-/m0/s1. The van der Waals surface area contributed by atoms with E-state index in [0.717, 1.165) is 32.8 Å². The molecule has 0 fully saturated rings. The Morgan fingerprint density at radius 3 is 2.06 bits per heavy atom. The first-order valence-corrected chi connectivity index (χ1v) is 12.9. The van der Waals surface area contributed by atoms with Gasteiger partial charge in [-0.3, -0.25) is 13.9 Å². The number of nitrogens with one attached hydrogen (secondary N) is 1. The molecule has 0 spiro atoms. The molecular formula is C25H35N3O4S. The zero-order valence-corrected chi connectivity index (χ0v) is 21.4. The van der Waals surface area contributed by atoms with Crippen molar-refractivity contribution < 1.29 is 18.0 Å². The summed E-state index contributed by atoms with van der Waals surface area (Å²) in [5.74, 6) is -0.736. The van der Waals surface area contributed by atoms with E-state index in [-0.39, 0.29) is 18.5 Å². The lowest BCUT2D eigenvalue weighted by Crippen LogP contribution is -2.52. The molecule has 1 atom stereocenters. The van der Waals surface area contributed by atoms with Crippen LogP contribution in [0.3, 0.4) is 0 Å². The predicted molar refractivity (Wildman–Crippen MR) is 133 cm³/mol. The fraction of sp³-hybridized carbons (Fsp3) is 0.440. The topological polar surface area (TPSA) is 86.8 Å². The molecule has 0 aliphatic carbocycles. The third kappa shape index (κ3) is 7.05. The zero-order chi connectivity index (χ0) is 24.9. The second-order valence-electron chi connectivity index (χ2n) is 8.86. The zero-order valence-electron chi connectivity index (χ0n) is 20.5. The highest BCUT2D eigenvalue weighted by atomic mass is 32.2. The number of carbonyl (C=O) groups excluding carboxylic acids is 2. The smallest absolute Gasteiger partial charge is 0.244 e. The van der Waals surface area contributed by atoms with Gasteiger partial charge in [-0.1, -0.05) is 48.0 Å². The molecule has 2 aromatic carbocycles. The number of hydrogen-bond donors (Lipinski definition) is 1. The van der Waals surface area contributed by atoms with Crippen LogP contribution in [0.4, 0.5) is 5.69 Å². The Morgan fingerprint density at radius 1 is 0.970 bits per heavy atom. The highest BCUT2D eigenvalue weighted by molar-refractivity contribution is 7.92. The molecule has 0 aromatic heterocycles. The molecular weight excluding hydrogens is 438 g/mol. The molecule has 0 heterocycles. The summed E-state index contributed by atoms with van der Waals surface area (Å²) in [5, 5.41) is 2.84. The van der Waals surface area contributed by atoms with Gasteiger partial charge in [-0.15, -0.1) is 0 Å². The van der Waals surface area contributed by atoms with Gasteiger partial charge in [0.15, 0.2) is 0 Å². The van der Waals surface area contributed by atoms with Crippen molar-refractivity contribution in [3.8, 4) is 0 Å². The first-order valence-electron chi connectivity index (χ1n) is 11.0. The molecule has 0 saturated heterocycles. The minimum absolute atomic E-state index is 0.0852. The van der Waals surface area contributed by atoms with Crippen LogP contribution in [0.2, 0.25) is 0 Å². The van der Waals surface area contributed by atoms with Crippen molar-refractivity contribution in [2.45, 2.75) is 60.2 Å². The Morgan fingerprint density at radius 2 is 1.55 bits per heavy atom. The fourth-order valence-electron chi connectivity index (χ4n) is 3.77. The maximum atomic E-state index is 13.6. The van der Waals surface area contributed by atoms with E-state index < -0.39 is 28.5 Å². The van der Waals surface area contributed by atoms with Crippen LogP contribution in [-0.4, -0.2) is 50.0 Å². The first kappa shape index (κ1) is 26.4. The summed E-state index contributed by atoms with van der Waals surface area (Å²) >= 11 is 0. The molecule has 33 heavy (non-hydrogen) atoms. The predicted octanol–water partition coefficient (Wildman–Crippen LogP) is 3.32. The average molecular weight is 474 g/mol. The van der Waals surface area contributed by atoms with Crippen LogP contribution in [0.1, 0.15) is 43.0 Å². The van der Waals surface area contributed by atoms with Crippen LogP contribution in [0.15, 0.2) is 42.5 Å². The lowest BCUT2D eigenvalue weighted by Gasteiger charge is -2.32. The lowest BCUT2D eigenvalue weighted by atomic mass is 10.1. The number of nitrogens with zero attached hydrogens (tertiary/aromatic N) is 2. The van der Waals surface area contributed by atoms with E-state index in [4.69, 9.17) is 0 Å². The first-order chi connectivity index (χ1) is 15.3. The monoisotopic (exact) mass is 473 g/mol. The number of anilines is 1. The molecule has 0 bridgehead atoms. The third-order valence-electron chi connectivity index (χ3n) is 5.40. The number of benzene rings is 2. The lowest BCUT2D eigenvalue weighted by molar-refractivity contribution is -0.139. The van der Waals surface area contributed by atoms with Crippen LogP contribution in [0.25, 0.3) is 0 Å². The largest absolute Gasteiger partial charge is 0.352 e. The van der Waals surface area contributed by atoms with E-state index in [9.17, 15) is 18.0 Å². The summed E-state index contributed by atoms with van der Waals surface area (Å²) in [6.45, 7) is 10.7. The number of sulfonamides is 1. The summed E-state index contributed by atoms with van der Waals surface area (Å²) in [4.78, 5) is 27.8. The van der Waals surface area contributed by atoms with Crippen LogP contribution < -0.4 is 9.62 Å².